The number of nitrogens with two attached hydrogens (primary N) is 1. The Bertz CT molecular complexity index is 280. The van der Waals surface area contributed by atoms with Gasteiger partial charge in [0.2, 0.25) is 0 Å². The van der Waals surface area contributed by atoms with Crippen LogP contribution in [0.25, 0.3) is 0 Å². The van der Waals surface area contributed by atoms with Crippen molar-refractivity contribution in [1.82, 2.24) is 0 Å². The predicted molar refractivity (Wildman–Crippen MR) is 41.6 cm³/mol. The molecule has 1 atom stereocenters. The number of carbonyl (C=O) groups is 2. The third kappa shape index (κ3) is 1.57. The van der Waals surface area contributed by atoms with Crippen molar-refractivity contribution < 1.29 is 14.3 Å². The number of hydrogen-bond acceptors (Lipinski definition) is 4. The van der Waals surface area contributed by atoms with Crippen LogP contribution in [0.5, 0.6) is 0 Å². The summed E-state index contributed by atoms with van der Waals surface area (Å²) in [6.45, 7) is 0. The summed E-state index contributed by atoms with van der Waals surface area (Å²) in [5, 5.41) is 0. The Kier molecular flexibility index (Phi) is 2.35. The molecule has 0 bridgehead atoms. The number of ether oxygens (including phenoxy) is 1. The summed E-state index contributed by atoms with van der Waals surface area (Å²) in [7, 11) is 1.25. The second-order valence-corrected chi connectivity index (χ2v) is 2.24. The zero-order valence-electron chi connectivity index (χ0n) is 6.48. The summed E-state index contributed by atoms with van der Waals surface area (Å²) in [5.74, 6) is -0.996. The van der Waals surface area contributed by atoms with E-state index in [1.807, 2.05) is 0 Å². The van der Waals surface area contributed by atoms with Crippen molar-refractivity contribution in [3.8, 4) is 0 Å². The Hall–Kier alpha value is -1.49. The molecule has 0 aliphatic carbocycles. The Morgan fingerprint density at radius 2 is 2.42 bits per heavy atom. The maximum atomic E-state index is 10.9. The molecule has 0 radical (unpaired) electrons. The van der Waals surface area contributed by atoms with Gasteiger partial charge in [-0.25, -0.2) is 9.79 Å². The molecular formula is C7H8N2O3. The Morgan fingerprint density at radius 1 is 1.75 bits per heavy atom. The monoisotopic (exact) mass is 168 g/mol. The van der Waals surface area contributed by atoms with Crippen molar-refractivity contribution in [1.29, 1.82) is 0 Å². The zero-order chi connectivity index (χ0) is 9.14. The van der Waals surface area contributed by atoms with Crippen LogP contribution in [0.4, 0.5) is 0 Å². The highest BCUT2D eigenvalue weighted by molar-refractivity contribution is 6.14. The second-order valence-electron chi connectivity index (χ2n) is 2.24. The minimum atomic E-state index is -0.830. The van der Waals surface area contributed by atoms with Gasteiger partial charge < -0.3 is 10.5 Å². The molecule has 0 spiro atoms. The van der Waals surface area contributed by atoms with Gasteiger partial charge in [0, 0.05) is 6.21 Å². The standard InChI is InChI=1S/C7H8N2O3/c1-12-7(11)4-2-5(8)6(10)9-3-4/h2-3,5H,8H2,1H3. The Morgan fingerprint density at radius 3 is 2.92 bits per heavy atom. The number of methoxy groups -OCH3 is 1. The quantitative estimate of drug-likeness (QED) is 0.510. The topological polar surface area (TPSA) is 81.8 Å². The van der Waals surface area contributed by atoms with Crippen molar-refractivity contribution in [3.05, 3.63) is 11.6 Å². The average Bonchev–Trinajstić information content (AvgIpc) is 2.08. The predicted octanol–water partition coefficient (Wildman–Crippen LogP) is -0.976. The molecule has 0 saturated carbocycles. The summed E-state index contributed by atoms with van der Waals surface area (Å²) in [6.07, 6.45) is 2.47. The van der Waals surface area contributed by atoms with E-state index in [9.17, 15) is 9.59 Å². The fourth-order valence-corrected chi connectivity index (χ4v) is 0.766. The Balaban J connectivity index is 2.83. The van der Waals surface area contributed by atoms with Crippen LogP contribution in [-0.2, 0) is 14.3 Å². The summed E-state index contributed by atoms with van der Waals surface area (Å²) < 4.78 is 4.41. The van der Waals surface area contributed by atoms with Gasteiger partial charge in [-0.3, -0.25) is 4.79 Å². The molecule has 1 aliphatic heterocycles. The molecule has 2 N–H and O–H groups in total. The minimum Gasteiger partial charge on any atom is -0.465 e. The first kappa shape index (κ1) is 8.61. The fourth-order valence-electron chi connectivity index (χ4n) is 0.766. The van der Waals surface area contributed by atoms with Crippen molar-refractivity contribution >= 4 is 18.1 Å². The van der Waals surface area contributed by atoms with Crippen LogP contribution >= 0.6 is 0 Å². The molecule has 1 unspecified atom stereocenters. The van der Waals surface area contributed by atoms with Gasteiger partial charge >= 0.3 is 5.97 Å². The lowest BCUT2D eigenvalue weighted by molar-refractivity contribution is -0.135. The van der Waals surface area contributed by atoms with E-state index < -0.39 is 17.9 Å². The van der Waals surface area contributed by atoms with E-state index in [1.54, 1.807) is 0 Å². The van der Waals surface area contributed by atoms with Crippen LogP contribution in [0.15, 0.2) is 16.6 Å². The Labute approximate surface area is 68.9 Å². The molecule has 0 aromatic rings. The SMILES string of the molecule is COC(=O)C1=CC(N)C(=O)N=C1. The molecule has 1 rings (SSSR count). The number of nitrogens with zero attached hydrogens (tertiary/aromatic N) is 1. The smallest absolute Gasteiger partial charge is 0.339 e. The molecule has 1 heterocycles. The van der Waals surface area contributed by atoms with E-state index in [0.717, 1.165) is 6.21 Å². The van der Waals surface area contributed by atoms with E-state index in [1.165, 1.54) is 13.2 Å². The molecule has 1 amide bonds. The molecular weight excluding hydrogens is 160 g/mol. The highest BCUT2D eigenvalue weighted by atomic mass is 16.5. The third-order valence-electron chi connectivity index (χ3n) is 1.40. The van der Waals surface area contributed by atoms with Gasteiger partial charge in [0.05, 0.1) is 12.7 Å². The van der Waals surface area contributed by atoms with Gasteiger partial charge in [-0.05, 0) is 6.08 Å². The average molecular weight is 168 g/mol. The zero-order valence-corrected chi connectivity index (χ0v) is 6.48. The number of aliphatic imine (C=N–C) groups is 1. The normalized spacial score (nSPS) is 22.0. The maximum absolute atomic E-state index is 10.9. The highest BCUT2D eigenvalue weighted by Crippen LogP contribution is 2.03. The van der Waals surface area contributed by atoms with Crippen molar-refractivity contribution in [2.45, 2.75) is 6.04 Å². The van der Waals surface area contributed by atoms with Crippen molar-refractivity contribution in [2.24, 2.45) is 10.7 Å². The number of esters is 1. The molecule has 0 saturated heterocycles. The van der Waals surface area contributed by atoms with Gasteiger partial charge in [0.1, 0.15) is 6.04 Å². The van der Waals surface area contributed by atoms with Crippen LogP contribution < -0.4 is 5.73 Å². The largest absolute Gasteiger partial charge is 0.465 e. The molecule has 5 heteroatoms. The van der Waals surface area contributed by atoms with Crippen LogP contribution in [0.2, 0.25) is 0 Å². The van der Waals surface area contributed by atoms with E-state index in [2.05, 4.69) is 9.73 Å². The molecule has 64 valence electrons. The number of dihydropyridines is 1. The van der Waals surface area contributed by atoms with Crippen molar-refractivity contribution in [3.63, 3.8) is 0 Å². The summed E-state index contributed by atoms with van der Waals surface area (Å²) in [5.41, 5.74) is 5.53. The van der Waals surface area contributed by atoms with E-state index in [-0.39, 0.29) is 5.57 Å². The number of amides is 1. The summed E-state index contributed by atoms with van der Waals surface area (Å²) in [4.78, 5) is 25.0. The van der Waals surface area contributed by atoms with Crippen LogP contribution in [0.1, 0.15) is 0 Å². The first-order chi connectivity index (χ1) is 5.65. The lowest BCUT2D eigenvalue weighted by Crippen LogP contribution is -2.31. The number of carbonyl (C=O) groups excluding carboxylic acids is 2. The van der Waals surface area contributed by atoms with Gasteiger partial charge in [-0.2, -0.15) is 0 Å². The van der Waals surface area contributed by atoms with Crippen LogP contribution in [0.3, 0.4) is 0 Å². The molecule has 0 aromatic carbocycles. The number of rotatable bonds is 1. The molecule has 1 aliphatic rings. The first-order valence-corrected chi connectivity index (χ1v) is 3.29. The third-order valence-corrected chi connectivity index (χ3v) is 1.40. The van der Waals surface area contributed by atoms with Crippen molar-refractivity contribution in [2.75, 3.05) is 7.11 Å². The van der Waals surface area contributed by atoms with E-state index in [4.69, 9.17) is 5.73 Å². The summed E-state index contributed by atoms with van der Waals surface area (Å²) >= 11 is 0. The van der Waals surface area contributed by atoms with Gasteiger partial charge in [0.15, 0.2) is 0 Å². The van der Waals surface area contributed by atoms with E-state index in [0.29, 0.717) is 0 Å². The van der Waals surface area contributed by atoms with Crippen LogP contribution in [-0.4, -0.2) is 31.2 Å². The van der Waals surface area contributed by atoms with Gasteiger partial charge in [-0.15, -0.1) is 0 Å². The summed E-state index contributed by atoms with van der Waals surface area (Å²) in [6, 6.07) is -0.830. The molecule has 0 aromatic heterocycles. The second kappa shape index (κ2) is 3.27. The van der Waals surface area contributed by atoms with Gasteiger partial charge in [0.25, 0.3) is 5.91 Å². The highest BCUT2D eigenvalue weighted by Gasteiger charge is 2.18. The minimum absolute atomic E-state index is 0.213. The maximum Gasteiger partial charge on any atom is 0.339 e. The van der Waals surface area contributed by atoms with E-state index >= 15 is 0 Å². The fraction of sp³-hybridized carbons (Fsp3) is 0.286. The lowest BCUT2D eigenvalue weighted by atomic mass is 10.1. The molecule has 5 nitrogen and oxygen atoms in total. The van der Waals surface area contributed by atoms with Crippen LogP contribution in [0, 0.1) is 0 Å². The molecule has 12 heavy (non-hydrogen) atoms. The number of hydrogen-bond donors (Lipinski definition) is 1. The lowest BCUT2D eigenvalue weighted by Gasteiger charge is -2.08. The molecule has 0 fully saturated rings. The first-order valence-electron chi connectivity index (χ1n) is 3.29. The van der Waals surface area contributed by atoms with Gasteiger partial charge in [-0.1, -0.05) is 0 Å².